The highest BCUT2D eigenvalue weighted by atomic mass is 16.8. The Hall–Kier alpha value is -0.820. The minimum absolute atomic E-state index is 0.0188. The maximum atomic E-state index is 12.3. The van der Waals surface area contributed by atoms with E-state index in [4.69, 9.17) is 18.9 Å². The molecule has 6 aliphatic rings. The van der Waals surface area contributed by atoms with Gasteiger partial charge in [-0.3, -0.25) is 0 Å². The molecule has 2 saturated heterocycles. The van der Waals surface area contributed by atoms with Crippen LogP contribution in [-0.4, -0.2) is 150 Å². The Balaban J connectivity index is 1.37. The van der Waals surface area contributed by atoms with Gasteiger partial charge in [-0.25, -0.2) is 0 Å². The zero-order valence-corrected chi connectivity index (χ0v) is 35.3. The number of hydrogen-bond acceptors (Lipinski definition) is 14. The molecule has 0 spiro atoms. The molecule has 14 heteroatoms. The molecule has 0 radical (unpaired) electrons. The fourth-order valence-electron chi connectivity index (χ4n) is 13.6. The van der Waals surface area contributed by atoms with E-state index in [1.54, 1.807) is 0 Å². The minimum atomic E-state index is -1.81. The van der Waals surface area contributed by atoms with E-state index in [0.717, 1.165) is 25.7 Å². The summed E-state index contributed by atoms with van der Waals surface area (Å²) in [6.07, 6.45) is -9.49. The van der Waals surface area contributed by atoms with Gasteiger partial charge in [0.15, 0.2) is 12.6 Å². The molecule has 0 aromatic rings. The predicted octanol–water partition coefficient (Wildman–Crippen LogP) is 1.51. The molecular weight excluding hydrogens is 740 g/mol. The van der Waals surface area contributed by atoms with Gasteiger partial charge in [0.05, 0.1) is 37.1 Å². The Morgan fingerprint density at radius 1 is 0.772 bits per heavy atom. The standard InChI is InChI=1S/C43H74O14/c1-21(2)11-9-10-14-43(8,53)22-12-16-41(6)29(22)23(46)17-27-40(5)15-13-28(47)39(3,4)36(40)24(18-42(27,41)7)54-38-35(33(51)31(49)26(20-45)56-38)57-37-34(52)32(50)30(48)25(19-44)55-37/h11,22-38,44-53H,9-10,12-20H2,1-8H3. The van der Waals surface area contributed by atoms with E-state index in [1.807, 2.05) is 20.8 Å². The summed E-state index contributed by atoms with van der Waals surface area (Å²) >= 11 is 0. The maximum absolute atomic E-state index is 12.3. The van der Waals surface area contributed by atoms with Crippen LogP contribution in [0.25, 0.3) is 0 Å². The van der Waals surface area contributed by atoms with Crippen LogP contribution in [0.4, 0.5) is 0 Å². The molecule has 6 fully saturated rings. The van der Waals surface area contributed by atoms with Crippen LogP contribution in [0.3, 0.4) is 0 Å². The number of aliphatic hydroxyl groups excluding tert-OH is 9. The van der Waals surface area contributed by atoms with Crippen molar-refractivity contribution in [1.82, 2.24) is 0 Å². The first-order chi connectivity index (χ1) is 26.5. The molecule has 10 N–H and O–H groups in total. The van der Waals surface area contributed by atoms with Gasteiger partial charge in [-0.05, 0) is 124 Å². The van der Waals surface area contributed by atoms with Crippen molar-refractivity contribution in [2.75, 3.05) is 13.2 Å². The highest BCUT2D eigenvalue weighted by molar-refractivity contribution is 5.22. The normalized spacial score (nSPS) is 51.9. The summed E-state index contributed by atoms with van der Waals surface area (Å²) in [5.74, 6) is -0.603. The van der Waals surface area contributed by atoms with Crippen molar-refractivity contribution in [2.45, 2.75) is 199 Å². The Morgan fingerprint density at radius 2 is 1.39 bits per heavy atom. The largest absolute Gasteiger partial charge is 0.394 e. The Morgan fingerprint density at radius 3 is 2.00 bits per heavy atom. The summed E-state index contributed by atoms with van der Waals surface area (Å²) in [7, 11) is 0. The number of allylic oxidation sites excluding steroid dienone is 2. The lowest BCUT2D eigenvalue weighted by Crippen LogP contribution is -2.71. The quantitative estimate of drug-likeness (QED) is 0.0809. The third kappa shape index (κ3) is 7.61. The molecule has 0 aromatic heterocycles. The van der Waals surface area contributed by atoms with E-state index < -0.39 is 120 Å². The van der Waals surface area contributed by atoms with Crippen molar-refractivity contribution < 1.29 is 70.0 Å². The lowest BCUT2D eigenvalue weighted by Gasteiger charge is -2.72. The fraction of sp³-hybridized carbons (Fsp3) is 0.953. The van der Waals surface area contributed by atoms with Gasteiger partial charge in [-0.15, -0.1) is 0 Å². The molecule has 57 heavy (non-hydrogen) atoms. The lowest BCUT2D eigenvalue weighted by atomic mass is 9.34. The second kappa shape index (κ2) is 16.5. The molecule has 21 atom stereocenters. The van der Waals surface area contributed by atoms with Crippen molar-refractivity contribution in [2.24, 2.45) is 45.3 Å². The molecule has 330 valence electrons. The second-order valence-electron chi connectivity index (χ2n) is 20.6. The minimum Gasteiger partial charge on any atom is -0.394 e. The van der Waals surface area contributed by atoms with Crippen molar-refractivity contribution in [3.8, 4) is 0 Å². The smallest absolute Gasteiger partial charge is 0.187 e. The zero-order valence-electron chi connectivity index (χ0n) is 35.3. The summed E-state index contributed by atoms with van der Waals surface area (Å²) in [6.45, 7) is 15.6. The molecule has 2 heterocycles. The number of aliphatic hydroxyl groups is 10. The summed E-state index contributed by atoms with van der Waals surface area (Å²) in [5.41, 5.74) is -1.77. The molecule has 0 aromatic carbocycles. The van der Waals surface area contributed by atoms with Gasteiger partial charge < -0.3 is 70.0 Å². The number of fused-ring (bicyclic) bond motifs is 5. The van der Waals surface area contributed by atoms with Crippen LogP contribution >= 0.6 is 0 Å². The van der Waals surface area contributed by atoms with Gasteiger partial charge in [0.25, 0.3) is 0 Å². The third-order valence-electron chi connectivity index (χ3n) is 16.7. The lowest BCUT2D eigenvalue weighted by molar-refractivity contribution is -0.383. The van der Waals surface area contributed by atoms with E-state index >= 15 is 0 Å². The van der Waals surface area contributed by atoms with Crippen LogP contribution < -0.4 is 0 Å². The van der Waals surface area contributed by atoms with Crippen LogP contribution in [0.15, 0.2) is 11.6 Å². The fourth-order valence-corrected chi connectivity index (χ4v) is 13.6. The van der Waals surface area contributed by atoms with Gasteiger partial charge in [0, 0.05) is 0 Å². The number of hydrogen-bond donors (Lipinski definition) is 10. The molecule has 21 unspecified atom stereocenters. The van der Waals surface area contributed by atoms with Gasteiger partial charge in [0.1, 0.15) is 48.8 Å². The first-order valence-electron chi connectivity index (χ1n) is 21.5. The van der Waals surface area contributed by atoms with Crippen LogP contribution in [0.1, 0.15) is 113 Å². The number of unbranched alkanes of at least 4 members (excludes halogenated alkanes) is 1. The Labute approximate surface area is 338 Å². The van der Waals surface area contributed by atoms with Crippen LogP contribution in [-0.2, 0) is 18.9 Å². The first-order valence-corrected chi connectivity index (χ1v) is 21.5. The van der Waals surface area contributed by atoms with Crippen molar-refractivity contribution in [3.63, 3.8) is 0 Å². The summed E-state index contributed by atoms with van der Waals surface area (Å²) in [5, 5.41) is 110. The molecule has 4 aliphatic carbocycles. The topological polar surface area (TPSA) is 239 Å². The third-order valence-corrected chi connectivity index (χ3v) is 16.7. The second-order valence-corrected chi connectivity index (χ2v) is 20.6. The van der Waals surface area contributed by atoms with Crippen LogP contribution in [0, 0.1) is 45.3 Å². The maximum Gasteiger partial charge on any atom is 0.187 e. The molecule has 6 rings (SSSR count). The molecule has 0 bridgehead atoms. The van der Waals surface area contributed by atoms with Crippen LogP contribution in [0.5, 0.6) is 0 Å². The highest BCUT2D eigenvalue weighted by Crippen LogP contribution is 2.76. The van der Waals surface area contributed by atoms with Crippen molar-refractivity contribution >= 4 is 0 Å². The molecular formula is C43H74O14. The first kappa shape index (κ1) is 45.7. The van der Waals surface area contributed by atoms with Gasteiger partial charge in [0.2, 0.25) is 0 Å². The average Bonchev–Trinajstić information content (AvgIpc) is 3.53. The Kier molecular flexibility index (Phi) is 13.2. The van der Waals surface area contributed by atoms with E-state index in [0.29, 0.717) is 32.1 Å². The predicted molar refractivity (Wildman–Crippen MR) is 207 cm³/mol. The van der Waals surface area contributed by atoms with Gasteiger partial charge in [-0.1, -0.05) is 46.3 Å². The molecule has 14 nitrogen and oxygen atoms in total. The van der Waals surface area contributed by atoms with E-state index in [1.165, 1.54) is 5.57 Å². The van der Waals surface area contributed by atoms with Crippen molar-refractivity contribution in [1.29, 1.82) is 0 Å². The summed E-state index contributed by atoms with van der Waals surface area (Å²) < 4.78 is 25.0. The SMILES string of the molecule is CC(C)=CCCCC(C)(O)C1CCC2(C)C1C(O)CC1C3(C)CCC(O)C(C)(C)C3C(OC3OC(CO)C(O)C(O)C3OC3OC(CO)C(O)C(O)C3O)CC12C. The van der Waals surface area contributed by atoms with Gasteiger partial charge >= 0.3 is 0 Å². The zero-order chi connectivity index (χ0) is 42.2. The number of rotatable bonds is 11. The summed E-state index contributed by atoms with van der Waals surface area (Å²) in [4.78, 5) is 0. The van der Waals surface area contributed by atoms with E-state index in [2.05, 4.69) is 40.7 Å². The van der Waals surface area contributed by atoms with E-state index in [9.17, 15) is 51.1 Å². The molecule has 2 aliphatic heterocycles. The molecule has 4 saturated carbocycles. The van der Waals surface area contributed by atoms with Crippen LogP contribution in [0.2, 0.25) is 0 Å². The van der Waals surface area contributed by atoms with Gasteiger partial charge in [-0.2, -0.15) is 0 Å². The summed E-state index contributed by atoms with van der Waals surface area (Å²) in [6, 6.07) is 0. The van der Waals surface area contributed by atoms with Crippen molar-refractivity contribution in [3.05, 3.63) is 11.6 Å². The number of ether oxygens (including phenoxy) is 4. The average molecular weight is 815 g/mol. The van der Waals surface area contributed by atoms with E-state index in [-0.39, 0.29) is 23.7 Å². The monoisotopic (exact) mass is 815 g/mol. The molecule has 0 amide bonds. The highest BCUT2D eigenvalue weighted by Gasteiger charge is 2.73. The Bertz CT molecular complexity index is 1420.